The molecule has 0 unspecified atom stereocenters. The summed E-state index contributed by atoms with van der Waals surface area (Å²) in [6.45, 7) is 11.8. The van der Waals surface area contributed by atoms with Crippen molar-refractivity contribution in [2.45, 2.75) is 47.1 Å². The number of benzene rings is 1. The van der Waals surface area contributed by atoms with Crippen molar-refractivity contribution in [3.63, 3.8) is 0 Å². The summed E-state index contributed by atoms with van der Waals surface area (Å²) in [7, 11) is 0. The average Bonchev–Trinajstić information content (AvgIpc) is 2.43. The highest BCUT2D eigenvalue weighted by molar-refractivity contribution is 5.80. The van der Waals surface area contributed by atoms with Gasteiger partial charge in [0.25, 0.3) is 5.91 Å². The SMILES string of the molecule is CCOCCCNC(=O)[C@@H](C)Oc1cc(C)cc(C)c1C. The van der Waals surface area contributed by atoms with Gasteiger partial charge in [-0.15, -0.1) is 0 Å². The van der Waals surface area contributed by atoms with Crippen molar-refractivity contribution in [1.29, 1.82) is 0 Å². The Bertz CT molecular complexity index is 471. The van der Waals surface area contributed by atoms with Crippen LogP contribution in [0.15, 0.2) is 12.1 Å². The number of nitrogens with one attached hydrogen (secondary N) is 1. The molecule has 21 heavy (non-hydrogen) atoms. The lowest BCUT2D eigenvalue weighted by Crippen LogP contribution is -2.37. The molecule has 0 bridgehead atoms. The standard InChI is InChI=1S/C17H27NO3/c1-6-20-9-7-8-18-17(19)15(5)21-16-11-12(2)10-13(3)14(16)4/h10-11,15H,6-9H2,1-5H3,(H,18,19)/t15-/m1/s1. The van der Waals surface area contributed by atoms with Gasteiger partial charge in [0, 0.05) is 19.8 Å². The number of carbonyl (C=O) groups is 1. The third-order valence-corrected chi connectivity index (χ3v) is 3.41. The maximum atomic E-state index is 12.0. The molecule has 0 spiro atoms. The number of rotatable bonds is 8. The van der Waals surface area contributed by atoms with E-state index in [1.165, 1.54) is 5.56 Å². The fourth-order valence-corrected chi connectivity index (χ4v) is 2.04. The second kappa shape index (κ2) is 8.67. The Labute approximate surface area is 127 Å². The minimum absolute atomic E-state index is 0.0925. The molecule has 0 saturated heterocycles. The van der Waals surface area contributed by atoms with Crippen molar-refractivity contribution in [2.24, 2.45) is 0 Å². The smallest absolute Gasteiger partial charge is 0.260 e. The predicted octanol–water partition coefficient (Wildman–Crippen LogP) is 2.92. The van der Waals surface area contributed by atoms with Gasteiger partial charge >= 0.3 is 0 Å². The van der Waals surface area contributed by atoms with Gasteiger partial charge in [-0.1, -0.05) is 6.07 Å². The van der Waals surface area contributed by atoms with Crippen LogP contribution in [0.3, 0.4) is 0 Å². The van der Waals surface area contributed by atoms with Gasteiger partial charge < -0.3 is 14.8 Å². The van der Waals surface area contributed by atoms with E-state index in [1.54, 1.807) is 6.92 Å². The maximum Gasteiger partial charge on any atom is 0.260 e. The summed E-state index contributed by atoms with van der Waals surface area (Å²) >= 11 is 0. The molecule has 1 rings (SSSR count). The first-order chi connectivity index (χ1) is 9.95. The number of carbonyl (C=O) groups excluding carboxylic acids is 1. The summed E-state index contributed by atoms with van der Waals surface area (Å²) in [6.07, 6.45) is 0.312. The molecular formula is C17H27NO3. The fourth-order valence-electron chi connectivity index (χ4n) is 2.04. The third-order valence-electron chi connectivity index (χ3n) is 3.41. The van der Waals surface area contributed by atoms with Gasteiger partial charge in [0.05, 0.1) is 0 Å². The summed E-state index contributed by atoms with van der Waals surface area (Å²) in [5.74, 6) is 0.689. The highest BCUT2D eigenvalue weighted by Gasteiger charge is 2.15. The summed E-state index contributed by atoms with van der Waals surface area (Å²) in [5, 5.41) is 2.87. The van der Waals surface area contributed by atoms with E-state index in [0.717, 1.165) is 23.3 Å². The van der Waals surface area contributed by atoms with Crippen LogP contribution in [0.2, 0.25) is 0 Å². The van der Waals surface area contributed by atoms with E-state index in [4.69, 9.17) is 9.47 Å². The first kappa shape index (κ1) is 17.5. The van der Waals surface area contributed by atoms with Crippen molar-refractivity contribution in [3.8, 4) is 5.75 Å². The number of hydrogen-bond donors (Lipinski definition) is 1. The fraction of sp³-hybridized carbons (Fsp3) is 0.588. The summed E-state index contributed by atoms with van der Waals surface area (Å²) in [6, 6.07) is 4.09. The van der Waals surface area contributed by atoms with Gasteiger partial charge in [-0.25, -0.2) is 0 Å². The van der Waals surface area contributed by atoms with Crippen molar-refractivity contribution in [1.82, 2.24) is 5.32 Å². The zero-order chi connectivity index (χ0) is 15.8. The van der Waals surface area contributed by atoms with Crippen molar-refractivity contribution < 1.29 is 14.3 Å². The number of amides is 1. The van der Waals surface area contributed by atoms with Crippen molar-refractivity contribution in [3.05, 3.63) is 28.8 Å². The molecule has 0 aliphatic heterocycles. The van der Waals surface area contributed by atoms with Crippen LogP contribution < -0.4 is 10.1 Å². The van der Waals surface area contributed by atoms with Crippen LogP contribution in [0.5, 0.6) is 5.75 Å². The molecule has 1 atom stereocenters. The van der Waals surface area contributed by atoms with E-state index in [-0.39, 0.29) is 5.91 Å². The van der Waals surface area contributed by atoms with Crippen LogP contribution in [0.1, 0.15) is 37.0 Å². The number of aryl methyl sites for hydroxylation is 2. The zero-order valence-corrected chi connectivity index (χ0v) is 13.8. The zero-order valence-electron chi connectivity index (χ0n) is 13.8. The number of hydrogen-bond acceptors (Lipinski definition) is 3. The minimum Gasteiger partial charge on any atom is -0.481 e. The van der Waals surface area contributed by atoms with Crippen LogP contribution in [0.25, 0.3) is 0 Å². The lowest BCUT2D eigenvalue weighted by molar-refractivity contribution is -0.127. The molecule has 1 aromatic rings. The van der Waals surface area contributed by atoms with E-state index in [1.807, 2.05) is 33.8 Å². The summed E-state index contributed by atoms with van der Waals surface area (Å²) in [4.78, 5) is 12.0. The van der Waals surface area contributed by atoms with Gasteiger partial charge in [0.1, 0.15) is 5.75 Å². The van der Waals surface area contributed by atoms with Crippen LogP contribution in [0.4, 0.5) is 0 Å². The molecule has 0 radical (unpaired) electrons. The summed E-state index contributed by atoms with van der Waals surface area (Å²) < 4.78 is 11.0. The molecule has 0 heterocycles. The Hall–Kier alpha value is -1.55. The van der Waals surface area contributed by atoms with Crippen LogP contribution in [-0.4, -0.2) is 31.8 Å². The van der Waals surface area contributed by atoms with E-state index in [0.29, 0.717) is 19.8 Å². The van der Waals surface area contributed by atoms with Crippen LogP contribution in [0, 0.1) is 20.8 Å². The van der Waals surface area contributed by atoms with Crippen molar-refractivity contribution in [2.75, 3.05) is 19.8 Å². The minimum atomic E-state index is -0.503. The van der Waals surface area contributed by atoms with Gasteiger partial charge in [0.2, 0.25) is 0 Å². The van der Waals surface area contributed by atoms with Gasteiger partial charge in [0.15, 0.2) is 6.10 Å². The largest absolute Gasteiger partial charge is 0.481 e. The maximum absolute atomic E-state index is 12.0. The first-order valence-corrected chi connectivity index (χ1v) is 7.55. The average molecular weight is 293 g/mol. The Morgan fingerprint density at radius 2 is 2.00 bits per heavy atom. The molecule has 0 saturated carbocycles. The Morgan fingerprint density at radius 1 is 1.29 bits per heavy atom. The molecule has 0 aliphatic carbocycles. The van der Waals surface area contributed by atoms with Gasteiger partial charge in [-0.2, -0.15) is 0 Å². The second-order valence-electron chi connectivity index (χ2n) is 5.31. The van der Waals surface area contributed by atoms with E-state index >= 15 is 0 Å². The molecule has 0 aromatic heterocycles. The summed E-state index contributed by atoms with van der Waals surface area (Å²) in [5.41, 5.74) is 3.39. The highest BCUT2D eigenvalue weighted by atomic mass is 16.5. The van der Waals surface area contributed by atoms with Crippen molar-refractivity contribution >= 4 is 5.91 Å². The molecule has 1 aromatic carbocycles. The monoisotopic (exact) mass is 293 g/mol. The second-order valence-corrected chi connectivity index (χ2v) is 5.31. The van der Waals surface area contributed by atoms with Crippen LogP contribution >= 0.6 is 0 Å². The molecular weight excluding hydrogens is 266 g/mol. The quantitative estimate of drug-likeness (QED) is 0.750. The molecule has 4 heteroatoms. The third kappa shape index (κ3) is 5.76. The Balaban J connectivity index is 2.49. The molecule has 1 N–H and O–H groups in total. The number of ether oxygens (including phenoxy) is 2. The molecule has 1 amide bonds. The van der Waals surface area contributed by atoms with Gasteiger partial charge in [-0.3, -0.25) is 4.79 Å². The van der Waals surface area contributed by atoms with E-state index < -0.39 is 6.10 Å². The molecule has 0 aliphatic rings. The topological polar surface area (TPSA) is 47.6 Å². The Morgan fingerprint density at radius 3 is 2.67 bits per heavy atom. The van der Waals surface area contributed by atoms with Crippen LogP contribution in [-0.2, 0) is 9.53 Å². The lowest BCUT2D eigenvalue weighted by atomic mass is 10.1. The first-order valence-electron chi connectivity index (χ1n) is 7.55. The molecule has 0 fully saturated rings. The van der Waals surface area contributed by atoms with E-state index in [2.05, 4.69) is 11.4 Å². The normalized spacial score (nSPS) is 12.0. The predicted molar refractivity (Wildman–Crippen MR) is 84.9 cm³/mol. The van der Waals surface area contributed by atoms with Gasteiger partial charge in [-0.05, 0) is 63.8 Å². The molecule has 118 valence electrons. The lowest BCUT2D eigenvalue weighted by Gasteiger charge is -2.18. The molecule has 4 nitrogen and oxygen atoms in total. The van der Waals surface area contributed by atoms with E-state index in [9.17, 15) is 4.79 Å². The highest BCUT2D eigenvalue weighted by Crippen LogP contribution is 2.24. The Kier molecular flexibility index (Phi) is 7.23.